The summed E-state index contributed by atoms with van der Waals surface area (Å²) in [5.41, 5.74) is 4.54. The van der Waals surface area contributed by atoms with Gasteiger partial charge in [-0.1, -0.05) is 6.07 Å². The molecule has 1 aliphatic carbocycles. The zero-order valence-corrected chi connectivity index (χ0v) is 11.6. The van der Waals surface area contributed by atoms with Crippen LogP contribution in [0.4, 0.5) is 11.4 Å². The highest BCUT2D eigenvalue weighted by atomic mass is 16.4. The smallest absolute Gasteiger partial charge is 0.335 e. The van der Waals surface area contributed by atoms with E-state index in [9.17, 15) is 4.79 Å². The largest absolute Gasteiger partial charge is 0.478 e. The van der Waals surface area contributed by atoms with E-state index in [-0.39, 0.29) is 5.56 Å². The minimum atomic E-state index is -0.937. The topological polar surface area (TPSA) is 62.0 Å². The van der Waals surface area contributed by atoms with Crippen LogP contribution in [0.2, 0.25) is 0 Å². The van der Waals surface area contributed by atoms with Crippen LogP contribution in [0.25, 0.3) is 0 Å². The van der Waals surface area contributed by atoms with Gasteiger partial charge in [-0.25, -0.2) is 4.79 Å². The van der Waals surface area contributed by atoms with Crippen LogP contribution in [0.1, 0.15) is 34.3 Å². The van der Waals surface area contributed by atoms with Crippen LogP contribution >= 0.6 is 0 Å². The Morgan fingerprint density at radius 2 is 1.48 bits per heavy atom. The van der Waals surface area contributed by atoms with Crippen molar-refractivity contribution in [2.24, 2.45) is 10.2 Å². The van der Waals surface area contributed by atoms with Crippen LogP contribution in [0.15, 0.2) is 52.7 Å². The SMILES string of the molecule is O=C(O)c1ccc(/N=N/c2ccc3c(c2)CCCC3)cc1. The van der Waals surface area contributed by atoms with Crippen molar-refractivity contribution in [3.8, 4) is 0 Å². The summed E-state index contributed by atoms with van der Waals surface area (Å²) in [6.45, 7) is 0. The molecule has 4 nitrogen and oxygen atoms in total. The van der Waals surface area contributed by atoms with Gasteiger partial charge < -0.3 is 5.11 Å². The molecule has 0 aromatic heterocycles. The van der Waals surface area contributed by atoms with E-state index in [0.717, 1.165) is 18.5 Å². The van der Waals surface area contributed by atoms with Gasteiger partial charge in [0.25, 0.3) is 0 Å². The van der Waals surface area contributed by atoms with E-state index >= 15 is 0 Å². The number of hydrogen-bond acceptors (Lipinski definition) is 3. The van der Waals surface area contributed by atoms with Gasteiger partial charge >= 0.3 is 5.97 Å². The lowest BCUT2D eigenvalue weighted by molar-refractivity contribution is 0.0697. The number of carboxylic acid groups (broad SMARTS) is 1. The first-order chi connectivity index (χ1) is 10.2. The molecule has 0 saturated carbocycles. The zero-order valence-electron chi connectivity index (χ0n) is 11.6. The average molecular weight is 280 g/mol. The van der Waals surface area contributed by atoms with Gasteiger partial charge in [0, 0.05) is 0 Å². The van der Waals surface area contributed by atoms with Gasteiger partial charge in [-0.2, -0.15) is 10.2 Å². The molecular weight excluding hydrogens is 264 g/mol. The molecule has 0 heterocycles. The Hall–Kier alpha value is -2.49. The predicted molar refractivity (Wildman–Crippen MR) is 80.7 cm³/mol. The number of benzene rings is 2. The first-order valence-corrected chi connectivity index (χ1v) is 7.09. The van der Waals surface area contributed by atoms with Crippen molar-refractivity contribution in [2.45, 2.75) is 25.7 Å². The van der Waals surface area contributed by atoms with Crippen molar-refractivity contribution in [3.05, 3.63) is 59.2 Å². The second-order valence-electron chi connectivity index (χ2n) is 5.21. The second kappa shape index (κ2) is 5.87. The van der Waals surface area contributed by atoms with Crippen molar-refractivity contribution in [3.63, 3.8) is 0 Å². The number of aromatic carboxylic acids is 1. The van der Waals surface area contributed by atoms with Gasteiger partial charge in [0.05, 0.1) is 16.9 Å². The van der Waals surface area contributed by atoms with Crippen molar-refractivity contribution in [2.75, 3.05) is 0 Å². The van der Waals surface area contributed by atoms with Crippen molar-refractivity contribution in [1.82, 2.24) is 0 Å². The Bertz CT molecular complexity index is 690. The molecule has 21 heavy (non-hydrogen) atoms. The second-order valence-corrected chi connectivity index (χ2v) is 5.21. The molecule has 0 bridgehead atoms. The van der Waals surface area contributed by atoms with Crippen LogP contribution in [0, 0.1) is 0 Å². The van der Waals surface area contributed by atoms with E-state index in [1.165, 1.54) is 36.1 Å². The van der Waals surface area contributed by atoms with E-state index in [1.54, 1.807) is 12.1 Å². The molecule has 2 aromatic rings. The van der Waals surface area contributed by atoms with Crippen LogP contribution in [-0.2, 0) is 12.8 Å². The molecule has 3 rings (SSSR count). The first-order valence-electron chi connectivity index (χ1n) is 7.09. The predicted octanol–water partition coefficient (Wildman–Crippen LogP) is 4.68. The quantitative estimate of drug-likeness (QED) is 0.830. The normalized spacial score (nSPS) is 14.1. The van der Waals surface area contributed by atoms with Crippen LogP contribution in [0.3, 0.4) is 0 Å². The highest BCUT2D eigenvalue weighted by Gasteiger charge is 2.09. The van der Waals surface area contributed by atoms with Gasteiger partial charge in [0.15, 0.2) is 0 Å². The van der Waals surface area contributed by atoms with Gasteiger partial charge in [0.2, 0.25) is 0 Å². The molecule has 0 amide bonds. The number of rotatable bonds is 3. The summed E-state index contributed by atoms with van der Waals surface area (Å²) in [7, 11) is 0. The van der Waals surface area contributed by atoms with E-state index in [4.69, 9.17) is 5.11 Å². The summed E-state index contributed by atoms with van der Waals surface area (Å²) < 4.78 is 0. The molecule has 0 saturated heterocycles. The highest BCUT2D eigenvalue weighted by Crippen LogP contribution is 2.26. The van der Waals surface area contributed by atoms with Gasteiger partial charge in [-0.3, -0.25) is 0 Å². The molecule has 0 aliphatic heterocycles. The number of carboxylic acids is 1. The fourth-order valence-corrected chi connectivity index (χ4v) is 2.57. The molecule has 106 valence electrons. The maximum atomic E-state index is 10.8. The Morgan fingerprint density at radius 3 is 2.19 bits per heavy atom. The fraction of sp³-hybridized carbons (Fsp3) is 0.235. The third kappa shape index (κ3) is 3.16. The van der Waals surface area contributed by atoms with E-state index in [2.05, 4.69) is 22.4 Å². The first kappa shape index (κ1) is 13.5. The number of aryl methyl sites for hydroxylation is 2. The molecule has 0 spiro atoms. The number of fused-ring (bicyclic) bond motifs is 1. The van der Waals surface area contributed by atoms with Crippen molar-refractivity contribution >= 4 is 17.3 Å². The standard InChI is InChI=1S/C17H16N2O2/c20-17(21)13-6-8-15(9-7-13)18-19-16-10-5-12-3-1-2-4-14(12)11-16/h5-11H,1-4H2,(H,20,21)/b19-18+. The van der Waals surface area contributed by atoms with Crippen LogP contribution in [0.5, 0.6) is 0 Å². The van der Waals surface area contributed by atoms with Gasteiger partial charge in [0.1, 0.15) is 0 Å². The molecule has 0 fully saturated rings. The summed E-state index contributed by atoms with van der Waals surface area (Å²) >= 11 is 0. The van der Waals surface area contributed by atoms with Crippen molar-refractivity contribution < 1.29 is 9.90 Å². The number of azo groups is 1. The summed E-state index contributed by atoms with van der Waals surface area (Å²) in [6, 6.07) is 12.6. The number of nitrogens with zero attached hydrogens (tertiary/aromatic N) is 2. The number of hydrogen-bond donors (Lipinski definition) is 1. The molecule has 0 unspecified atom stereocenters. The third-order valence-corrected chi connectivity index (χ3v) is 3.73. The molecule has 2 aromatic carbocycles. The maximum absolute atomic E-state index is 10.8. The van der Waals surface area contributed by atoms with Gasteiger partial charge in [-0.15, -0.1) is 0 Å². The molecule has 1 aliphatic rings. The van der Waals surface area contributed by atoms with Crippen LogP contribution in [-0.4, -0.2) is 11.1 Å². The maximum Gasteiger partial charge on any atom is 0.335 e. The third-order valence-electron chi connectivity index (χ3n) is 3.73. The Kier molecular flexibility index (Phi) is 3.77. The van der Waals surface area contributed by atoms with E-state index in [1.807, 2.05) is 6.07 Å². The van der Waals surface area contributed by atoms with E-state index < -0.39 is 5.97 Å². The summed E-state index contributed by atoms with van der Waals surface area (Å²) in [5.74, 6) is -0.937. The lowest BCUT2D eigenvalue weighted by atomic mass is 9.91. The Morgan fingerprint density at radius 1 is 0.857 bits per heavy atom. The molecular formula is C17H16N2O2. The van der Waals surface area contributed by atoms with E-state index in [0.29, 0.717) is 5.69 Å². The van der Waals surface area contributed by atoms with Gasteiger partial charge in [-0.05, 0) is 73.2 Å². The average Bonchev–Trinajstić information content (AvgIpc) is 2.53. The Balaban J connectivity index is 1.77. The van der Waals surface area contributed by atoms with Crippen LogP contribution < -0.4 is 0 Å². The summed E-state index contributed by atoms with van der Waals surface area (Å²) in [6.07, 6.45) is 4.78. The molecule has 0 radical (unpaired) electrons. The lowest BCUT2D eigenvalue weighted by Crippen LogP contribution is -2.01. The summed E-state index contributed by atoms with van der Waals surface area (Å²) in [4.78, 5) is 10.8. The summed E-state index contributed by atoms with van der Waals surface area (Å²) in [5, 5.41) is 17.2. The minimum absolute atomic E-state index is 0.253. The molecule has 0 atom stereocenters. The highest BCUT2D eigenvalue weighted by molar-refractivity contribution is 5.87. The van der Waals surface area contributed by atoms with Crippen molar-refractivity contribution in [1.29, 1.82) is 0 Å². The lowest BCUT2D eigenvalue weighted by Gasteiger charge is -2.15. The monoisotopic (exact) mass is 280 g/mol. The molecule has 4 heteroatoms. The molecule has 1 N–H and O–H groups in total. The number of carbonyl (C=O) groups is 1. The Labute approximate surface area is 123 Å². The fourth-order valence-electron chi connectivity index (χ4n) is 2.57. The zero-order chi connectivity index (χ0) is 14.7. The minimum Gasteiger partial charge on any atom is -0.478 e.